The molecule has 2 saturated heterocycles. The topological polar surface area (TPSA) is 70.6 Å². The minimum Gasteiger partial charge on any atom is -0.378 e. The summed E-state index contributed by atoms with van der Waals surface area (Å²) in [5.74, 6) is 1.02. The first-order valence-corrected chi connectivity index (χ1v) is 9.95. The van der Waals surface area contributed by atoms with Crippen molar-refractivity contribution in [2.24, 2.45) is 5.92 Å². The van der Waals surface area contributed by atoms with Crippen LogP contribution in [0.2, 0.25) is 0 Å². The predicted octanol–water partition coefficient (Wildman–Crippen LogP) is 2.26. The summed E-state index contributed by atoms with van der Waals surface area (Å²) in [5.41, 5.74) is 2.54. The van der Waals surface area contributed by atoms with Crippen LogP contribution in [-0.4, -0.2) is 67.4 Å². The first-order valence-electron chi connectivity index (χ1n) is 9.95. The van der Waals surface area contributed by atoms with Crippen LogP contribution in [0.3, 0.4) is 0 Å². The number of piperidine rings is 1. The van der Waals surface area contributed by atoms with Crippen molar-refractivity contribution in [3.05, 3.63) is 36.4 Å². The number of morpholine rings is 1. The lowest BCUT2D eigenvalue weighted by molar-refractivity contribution is -0.121. The van der Waals surface area contributed by atoms with E-state index in [1.54, 1.807) is 0 Å². The number of nitrogens with one attached hydrogen (secondary N) is 1. The predicted molar refractivity (Wildman–Crippen MR) is 109 cm³/mol. The van der Waals surface area contributed by atoms with Crippen molar-refractivity contribution >= 4 is 17.4 Å². The SMILES string of the molecule is CN1CCCC(C(=O)Nc2cccc(-c3ccc(N4CCOCC4)nn3)c2)C1. The van der Waals surface area contributed by atoms with Crippen LogP contribution in [0.25, 0.3) is 11.3 Å². The Morgan fingerprint density at radius 3 is 2.75 bits per heavy atom. The first kappa shape index (κ1) is 18.8. The van der Waals surface area contributed by atoms with Gasteiger partial charge < -0.3 is 19.9 Å². The number of carbonyl (C=O) groups excluding carboxylic acids is 1. The van der Waals surface area contributed by atoms with E-state index in [0.29, 0.717) is 0 Å². The van der Waals surface area contributed by atoms with Crippen LogP contribution >= 0.6 is 0 Å². The van der Waals surface area contributed by atoms with Crippen molar-refractivity contribution < 1.29 is 9.53 Å². The van der Waals surface area contributed by atoms with E-state index in [1.807, 2.05) is 36.4 Å². The van der Waals surface area contributed by atoms with Crippen molar-refractivity contribution in [3.8, 4) is 11.3 Å². The van der Waals surface area contributed by atoms with Crippen LogP contribution in [0, 0.1) is 5.92 Å². The molecule has 1 N–H and O–H groups in total. The molecule has 28 heavy (non-hydrogen) atoms. The molecule has 1 amide bonds. The normalized spacial score (nSPS) is 20.8. The Morgan fingerprint density at radius 1 is 1.14 bits per heavy atom. The number of hydrogen-bond donors (Lipinski definition) is 1. The molecule has 0 saturated carbocycles. The van der Waals surface area contributed by atoms with Crippen LogP contribution < -0.4 is 10.2 Å². The van der Waals surface area contributed by atoms with Gasteiger partial charge in [-0.3, -0.25) is 4.79 Å². The highest BCUT2D eigenvalue weighted by Crippen LogP contribution is 2.23. The molecule has 0 spiro atoms. The number of carbonyl (C=O) groups is 1. The number of rotatable bonds is 4. The highest BCUT2D eigenvalue weighted by Gasteiger charge is 2.24. The number of ether oxygens (including phenoxy) is 1. The number of anilines is 2. The monoisotopic (exact) mass is 381 g/mol. The largest absolute Gasteiger partial charge is 0.378 e. The molecule has 2 aromatic rings. The summed E-state index contributed by atoms with van der Waals surface area (Å²) >= 11 is 0. The minimum atomic E-state index is 0.0509. The minimum absolute atomic E-state index is 0.0509. The summed E-state index contributed by atoms with van der Waals surface area (Å²) in [6.45, 7) is 5.01. The molecule has 1 atom stereocenters. The fourth-order valence-corrected chi connectivity index (χ4v) is 3.82. The van der Waals surface area contributed by atoms with E-state index in [0.717, 1.165) is 75.0 Å². The Labute approximate surface area is 165 Å². The van der Waals surface area contributed by atoms with E-state index >= 15 is 0 Å². The Hall–Kier alpha value is -2.51. The molecule has 148 valence electrons. The molecule has 7 heteroatoms. The zero-order valence-corrected chi connectivity index (χ0v) is 16.3. The van der Waals surface area contributed by atoms with Gasteiger partial charge in [0, 0.05) is 30.9 Å². The second-order valence-electron chi connectivity index (χ2n) is 7.55. The molecular weight excluding hydrogens is 354 g/mol. The van der Waals surface area contributed by atoms with Crippen LogP contribution in [0.5, 0.6) is 0 Å². The molecule has 2 aliphatic heterocycles. The number of hydrogen-bond acceptors (Lipinski definition) is 6. The van der Waals surface area contributed by atoms with Crippen molar-refractivity contribution in [2.75, 3.05) is 56.7 Å². The fraction of sp³-hybridized carbons (Fsp3) is 0.476. The van der Waals surface area contributed by atoms with Gasteiger partial charge in [-0.05, 0) is 50.7 Å². The quantitative estimate of drug-likeness (QED) is 0.876. The number of nitrogens with zero attached hydrogens (tertiary/aromatic N) is 4. The van der Waals surface area contributed by atoms with Crippen LogP contribution in [-0.2, 0) is 9.53 Å². The van der Waals surface area contributed by atoms with Crippen LogP contribution in [0.1, 0.15) is 12.8 Å². The highest BCUT2D eigenvalue weighted by molar-refractivity contribution is 5.93. The molecule has 3 heterocycles. The van der Waals surface area contributed by atoms with Gasteiger partial charge in [-0.25, -0.2) is 0 Å². The maximum atomic E-state index is 12.6. The second-order valence-corrected chi connectivity index (χ2v) is 7.55. The van der Waals surface area contributed by atoms with Gasteiger partial charge in [0.1, 0.15) is 0 Å². The fourth-order valence-electron chi connectivity index (χ4n) is 3.82. The van der Waals surface area contributed by atoms with Gasteiger partial charge in [-0.15, -0.1) is 10.2 Å². The molecular formula is C21H27N5O2. The van der Waals surface area contributed by atoms with E-state index in [9.17, 15) is 4.79 Å². The lowest BCUT2D eigenvalue weighted by Gasteiger charge is -2.28. The molecule has 0 aliphatic carbocycles. The van der Waals surface area contributed by atoms with E-state index in [1.165, 1.54) is 0 Å². The number of amides is 1. The van der Waals surface area contributed by atoms with E-state index in [-0.39, 0.29) is 11.8 Å². The van der Waals surface area contributed by atoms with Gasteiger partial charge >= 0.3 is 0 Å². The maximum Gasteiger partial charge on any atom is 0.228 e. The Morgan fingerprint density at radius 2 is 2.00 bits per heavy atom. The lowest BCUT2D eigenvalue weighted by atomic mass is 9.97. The second kappa shape index (κ2) is 8.67. The average molecular weight is 381 g/mol. The third-order valence-corrected chi connectivity index (χ3v) is 5.41. The molecule has 2 aliphatic rings. The van der Waals surface area contributed by atoms with Crippen molar-refractivity contribution in [3.63, 3.8) is 0 Å². The zero-order valence-electron chi connectivity index (χ0n) is 16.3. The number of benzene rings is 1. The Balaban J connectivity index is 1.43. The molecule has 1 unspecified atom stereocenters. The first-order chi connectivity index (χ1) is 13.7. The molecule has 4 rings (SSSR count). The van der Waals surface area contributed by atoms with Gasteiger partial charge in [0.2, 0.25) is 5.91 Å². The van der Waals surface area contributed by atoms with Crippen LogP contribution in [0.4, 0.5) is 11.5 Å². The average Bonchev–Trinajstić information content (AvgIpc) is 2.75. The third kappa shape index (κ3) is 4.48. The number of likely N-dealkylation sites (tertiary alicyclic amines) is 1. The molecule has 1 aromatic heterocycles. The van der Waals surface area contributed by atoms with Crippen molar-refractivity contribution in [1.29, 1.82) is 0 Å². The summed E-state index contributed by atoms with van der Waals surface area (Å²) < 4.78 is 5.38. The highest BCUT2D eigenvalue weighted by atomic mass is 16.5. The Kier molecular flexibility index (Phi) is 5.83. The molecule has 1 aromatic carbocycles. The zero-order chi connectivity index (χ0) is 19.3. The summed E-state index contributed by atoms with van der Waals surface area (Å²) in [7, 11) is 2.07. The third-order valence-electron chi connectivity index (χ3n) is 5.41. The standard InChI is InChI=1S/C21H27N5O2/c1-25-9-3-5-17(15-25)21(27)22-18-6-2-4-16(14-18)19-7-8-20(24-23-19)26-10-12-28-13-11-26/h2,4,6-8,14,17H,3,5,9-13,15H2,1H3,(H,22,27). The van der Waals surface area contributed by atoms with Gasteiger partial charge in [-0.1, -0.05) is 12.1 Å². The van der Waals surface area contributed by atoms with Gasteiger partial charge in [0.05, 0.1) is 24.8 Å². The Bertz CT molecular complexity index is 805. The van der Waals surface area contributed by atoms with E-state index in [2.05, 4.69) is 32.4 Å². The lowest BCUT2D eigenvalue weighted by Crippen LogP contribution is -2.38. The molecule has 7 nitrogen and oxygen atoms in total. The summed E-state index contributed by atoms with van der Waals surface area (Å²) in [6.07, 6.45) is 2.02. The smallest absolute Gasteiger partial charge is 0.228 e. The number of aromatic nitrogens is 2. The van der Waals surface area contributed by atoms with E-state index < -0.39 is 0 Å². The summed E-state index contributed by atoms with van der Waals surface area (Å²) in [5, 5.41) is 11.8. The maximum absolute atomic E-state index is 12.6. The van der Waals surface area contributed by atoms with Gasteiger partial charge in [-0.2, -0.15) is 0 Å². The van der Waals surface area contributed by atoms with Crippen molar-refractivity contribution in [2.45, 2.75) is 12.8 Å². The molecule has 2 fully saturated rings. The summed E-state index contributed by atoms with van der Waals surface area (Å²) in [6, 6.07) is 11.8. The van der Waals surface area contributed by atoms with Gasteiger partial charge in [0.15, 0.2) is 5.82 Å². The summed E-state index contributed by atoms with van der Waals surface area (Å²) in [4.78, 5) is 17.0. The van der Waals surface area contributed by atoms with Crippen LogP contribution in [0.15, 0.2) is 36.4 Å². The molecule has 0 bridgehead atoms. The van der Waals surface area contributed by atoms with Crippen molar-refractivity contribution in [1.82, 2.24) is 15.1 Å². The van der Waals surface area contributed by atoms with E-state index in [4.69, 9.17) is 4.74 Å². The van der Waals surface area contributed by atoms with Gasteiger partial charge in [0.25, 0.3) is 0 Å². The molecule has 0 radical (unpaired) electrons.